The number of hydrogen-bond acceptors (Lipinski definition) is 3. The van der Waals surface area contributed by atoms with Crippen LogP contribution in [-0.2, 0) is 35.3 Å². The second-order valence-electron chi connectivity index (χ2n) is 8.66. The van der Waals surface area contributed by atoms with Gasteiger partial charge in [0.25, 0.3) is 0 Å². The Morgan fingerprint density at radius 3 is 2.47 bits per heavy atom. The van der Waals surface area contributed by atoms with E-state index in [-0.39, 0.29) is 31.3 Å². The van der Waals surface area contributed by atoms with Crippen LogP contribution in [0.2, 0.25) is 0 Å². The number of hydrogen-bond donors (Lipinski definition) is 0. The second kappa shape index (κ2) is 12.8. The number of likely N-dealkylation sites (N-methyl/N-ethyl adjacent to an activating group) is 1. The summed E-state index contributed by atoms with van der Waals surface area (Å²) in [5.74, 6) is -0.228. The molecule has 0 unspecified atom stereocenters. The first-order valence-electron chi connectivity index (χ1n) is 12.1. The third-order valence-electron chi connectivity index (χ3n) is 5.98. The van der Waals surface area contributed by atoms with Crippen molar-refractivity contribution in [2.75, 3.05) is 19.6 Å². The average Bonchev–Trinajstić information content (AvgIpc) is 3.51. The molecule has 2 heterocycles. The largest absolute Gasteiger partial charge is 0.416 e. The zero-order valence-corrected chi connectivity index (χ0v) is 21.4. The minimum atomic E-state index is -4.40. The number of carbonyl (C=O) groups is 2. The summed E-state index contributed by atoms with van der Waals surface area (Å²) in [6.45, 7) is 5.46. The Labute approximate surface area is 214 Å². The van der Waals surface area contributed by atoms with E-state index in [4.69, 9.17) is 0 Å². The van der Waals surface area contributed by atoms with Gasteiger partial charge in [0.1, 0.15) is 0 Å². The van der Waals surface area contributed by atoms with E-state index < -0.39 is 11.7 Å². The van der Waals surface area contributed by atoms with Gasteiger partial charge >= 0.3 is 6.18 Å². The highest BCUT2D eigenvalue weighted by Gasteiger charge is 2.30. The Morgan fingerprint density at radius 1 is 1.00 bits per heavy atom. The summed E-state index contributed by atoms with van der Waals surface area (Å²) in [5.41, 5.74) is 0.676. The van der Waals surface area contributed by atoms with E-state index in [2.05, 4.69) is 0 Å². The summed E-state index contributed by atoms with van der Waals surface area (Å²) >= 11 is 1.51. The molecule has 5 nitrogen and oxygen atoms in total. The summed E-state index contributed by atoms with van der Waals surface area (Å²) in [4.78, 5) is 30.3. The zero-order chi connectivity index (χ0) is 26.1. The highest BCUT2D eigenvalue weighted by Crippen LogP contribution is 2.29. The fourth-order valence-electron chi connectivity index (χ4n) is 3.94. The van der Waals surface area contributed by atoms with Gasteiger partial charge in [-0.25, -0.2) is 0 Å². The van der Waals surface area contributed by atoms with Crippen molar-refractivity contribution in [1.82, 2.24) is 14.4 Å². The minimum absolute atomic E-state index is 0.00123. The molecule has 2 amide bonds. The average molecular weight is 520 g/mol. The van der Waals surface area contributed by atoms with E-state index in [1.54, 1.807) is 22.1 Å². The normalized spacial score (nSPS) is 11.5. The van der Waals surface area contributed by atoms with Gasteiger partial charge in [-0.15, -0.1) is 11.3 Å². The van der Waals surface area contributed by atoms with E-state index in [0.717, 1.165) is 35.5 Å². The van der Waals surface area contributed by atoms with Crippen molar-refractivity contribution >= 4 is 23.2 Å². The number of unbranched alkanes of at least 4 members (excludes halogenated alkanes) is 1. The number of rotatable bonds is 12. The van der Waals surface area contributed by atoms with E-state index in [1.807, 2.05) is 48.1 Å². The molecule has 9 heteroatoms. The third-order valence-corrected chi connectivity index (χ3v) is 6.86. The number of amides is 2. The summed E-state index contributed by atoms with van der Waals surface area (Å²) < 4.78 is 41.2. The Morgan fingerprint density at radius 2 is 1.81 bits per heavy atom. The fourth-order valence-corrected chi connectivity index (χ4v) is 4.64. The molecule has 0 bridgehead atoms. The number of alkyl halides is 3. The number of benzene rings is 1. The van der Waals surface area contributed by atoms with Crippen LogP contribution in [0.15, 0.2) is 60.1 Å². The van der Waals surface area contributed by atoms with Crippen LogP contribution in [0.3, 0.4) is 0 Å². The first-order chi connectivity index (χ1) is 17.2. The van der Waals surface area contributed by atoms with Gasteiger partial charge in [-0.2, -0.15) is 13.2 Å². The molecule has 194 valence electrons. The molecule has 0 saturated heterocycles. The van der Waals surface area contributed by atoms with Gasteiger partial charge in [0, 0.05) is 36.4 Å². The lowest BCUT2D eigenvalue weighted by molar-refractivity contribution is -0.140. The number of halogens is 3. The van der Waals surface area contributed by atoms with E-state index in [0.29, 0.717) is 25.2 Å². The third kappa shape index (κ3) is 7.71. The van der Waals surface area contributed by atoms with Crippen molar-refractivity contribution in [2.24, 2.45) is 0 Å². The maximum atomic E-state index is 13.3. The predicted octanol–water partition coefficient (Wildman–Crippen LogP) is 5.84. The van der Waals surface area contributed by atoms with Crippen LogP contribution in [0.5, 0.6) is 0 Å². The fraction of sp³-hybridized carbons (Fsp3) is 0.407. The van der Waals surface area contributed by atoms with Crippen LogP contribution < -0.4 is 0 Å². The molecular weight excluding hydrogens is 487 g/mol. The molecule has 36 heavy (non-hydrogen) atoms. The van der Waals surface area contributed by atoms with E-state index in [9.17, 15) is 22.8 Å². The standard InChI is InChI=1S/C27H32F3N3O2S/c1-3-5-13-33(26(35)20-31(4-2)25(34)17-24-12-8-15-36-24)19-23-11-7-14-32(23)18-21-9-6-10-22(16-21)27(28,29)30/h6-12,14-16H,3-5,13,17-20H2,1-2H3. The van der Waals surface area contributed by atoms with Gasteiger partial charge in [0.15, 0.2) is 0 Å². The Bertz CT molecular complexity index is 1130. The van der Waals surface area contributed by atoms with Crippen LogP contribution in [0.1, 0.15) is 48.4 Å². The lowest BCUT2D eigenvalue weighted by Crippen LogP contribution is -2.43. The van der Waals surface area contributed by atoms with Crippen LogP contribution in [0.25, 0.3) is 0 Å². The Balaban J connectivity index is 1.71. The monoisotopic (exact) mass is 519 g/mol. The van der Waals surface area contributed by atoms with Crippen molar-refractivity contribution in [2.45, 2.75) is 52.4 Å². The topological polar surface area (TPSA) is 45.6 Å². The SMILES string of the molecule is CCCCN(Cc1cccn1Cc1cccc(C(F)(F)F)c1)C(=O)CN(CC)C(=O)Cc1cccs1. The van der Waals surface area contributed by atoms with E-state index in [1.165, 1.54) is 17.4 Å². The van der Waals surface area contributed by atoms with Gasteiger partial charge in [-0.1, -0.05) is 31.5 Å². The smallest absolute Gasteiger partial charge is 0.345 e. The number of carbonyl (C=O) groups excluding carboxylic acids is 2. The molecular formula is C27H32F3N3O2S. The van der Waals surface area contributed by atoms with Crippen molar-refractivity contribution in [1.29, 1.82) is 0 Å². The summed E-state index contributed by atoms with van der Waals surface area (Å²) in [6.07, 6.45) is -0.598. The van der Waals surface area contributed by atoms with Gasteiger partial charge in [-0.3, -0.25) is 9.59 Å². The molecule has 3 aromatic rings. The molecule has 0 aliphatic carbocycles. The van der Waals surface area contributed by atoms with Crippen LogP contribution in [0, 0.1) is 0 Å². The summed E-state index contributed by atoms with van der Waals surface area (Å²) in [6, 6.07) is 12.8. The summed E-state index contributed by atoms with van der Waals surface area (Å²) in [5, 5.41) is 1.92. The molecule has 0 spiro atoms. The first kappa shape index (κ1) is 27.5. The van der Waals surface area contributed by atoms with Crippen molar-refractivity contribution < 1.29 is 22.8 Å². The van der Waals surface area contributed by atoms with Crippen molar-refractivity contribution in [3.8, 4) is 0 Å². The molecule has 3 rings (SSSR count). The molecule has 2 aromatic heterocycles. The Hall–Kier alpha value is -3.07. The summed E-state index contributed by atoms with van der Waals surface area (Å²) in [7, 11) is 0. The Kier molecular flexibility index (Phi) is 9.75. The van der Waals surface area contributed by atoms with Crippen molar-refractivity contribution in [3.63, 3.8) is 0 Å². The van der Waals surface area contributed by atoms with Crippen LogP contribution in [-0.4, -0.2) is 45.8 Å². The molecule has 0 aliphatic heterocycles. The van der Waals surface area contributed by atoms with Crippen LogP contribution in [0.4, 0.5) is 13.2 Å². The predicted molar refractivity (Wildman–Crippen MR) is 136 cm³/mol. The maximum absolute atomic E-state index is 13.3. The first-order valence-corrected chi connectivity index (χ1v) is 13.0. The molecule has 0 N–H and O–H groups in total. The highest BCUT2D eigenvalue weighted by molar-refractivity contribution is 7.10. The maximum Gasteiger partial charge on any atom is 0.416 e. The molecule has 1 aromatic carbocycles. The van der Waals surface area contributed by atoms with Crippen LogP contribution >= 0.6 is 11.3 Å². The van der Waals surface area contributed by atoms with Gasteiger partial charge < -0.3 is 14.4 Å². The lowest BCUT2D eigenvalue weighted by atomic mass is 10.1. The van der Waals surface area contributed by atoms with Gasteiger partial charge in [0.05, 0.1) is 25.1 Å². The quantitative estimate of drug-likeness (QED) is 0.302. The molecule has 0 atom stereocenters. The van der Waals surface area contributed by atoms with E-state index >= 15 is 0 Å². The van der Waals surface area contributed by atoms with Gasteiger partial charge in [0.2, 0.25) is 11.8 Å². The molecule has 0 aliphatic rings. The number of aromatic nitrogens is 1. The molecule has 0 saturated carbocycles. The number of nitrogens with zero attached hydrogens (tertiary/aromatic N) is 3. The highest BCUT2D eigenvalue weighted by atomic mass is 32.1. The molecule has 0 fully saturated rings. The minimum Gasteiger partial charge on any atom is -0.345 e. The second-order valence-corrected chi connectivity index (χ2v) is 9.69. The van der Waals surface area contributed by atoms with Gasteiger partial charge in [-0.05, 0) is 54.6 Å². The lowest BCUT2D eigenvalue weighted by Gasteiger charge is -2.27. The molecule has 0 radical (unpaired) electrons. The van der Waals surface area contributed by atoms with Crippen molar-refractivity contribution in [3.05, 3.63) is 81.8 Å². The zero-order valence-electron chi connectivity index (χ0n) is 20.6. The number of thiophene rings is 1.